The predicted molar refractivity (Wildman–Crippen MR) is 129 cm³/mol. The minimum Gasteiger partial charge on any atom is -0.383 e. The molecule has 1 fully saturated rings. The van der Waals surface area contributed by atoms with Crippen LogP contribution in [0.5, 0.6) is 0 Å². The summed E-state index contributed by atoms with van der Waals surface area (Å²) in [4.78, 5) is 22.8. The van der Waals surface area contributed by atoms with E-state index in [0.29, 0.717) is 29.6 Å². The second-order valence-corrected chi connectivity index (χ2v) is 8.22. The van der Waals surface area contributed by atoms with Crippen molar-refractivity contribution in [2.75, 3.05) is 18.8 Å². The van der Waals surface area contributed by atoms with Gasteiger partial charge in [0.1, 0.15) is 23.8 Å². The highest BCUT2D eigenvalue weighted by Gasteiger charge is 2.23. The molecule has 2 aromatic heterocycles. The van der Waals surface area contributed by atoms with Gasteiger partial charge >= 0.3 is 0 Å². The Morgan fingerprint density at radius 3 is 2.64 bits per heavy atom. The summed E-state index contributed by atoms with van der Waals surface area (Å²) in [7, 11) is 0. The molecule has 1 saturated heterocycles. The number of nitrogen functional groups attached to an aromatic ring is 1. The van der Waals surface area contributed by atoms with Crippen LogP contribution in [0.4, 0.5) is 5.82 Å². The fraction of sp³-hybridized carbons (Fsp3) is 0.120. The Kier molecular flexibility index (Phi) is 5.29. The van der Waals surface area contributed by atoms with Crippen molar-refractivity contribution in [1.29, 1.82) is 5.26 Å². The van der Waals surface area contributed by atoms with Crippen LogP contribution in [0, 0.1) is 11.3 Å². The number of anilines is 1. The highest BCUT2D eigenvalue weighted by atomic mass is 35.5. The Morgan fingerprint density at radius 1 is 1.15 bits per heavy atom. The topological polar surface area (TPSA) is 101 Å². The molecule has 2 N–H and O–H groups in total. The third-order valence-electron chi connectivity index (χ3n) is 5.72. The summed E-state index contributed by atoms with van der Waals surface area (Å²) < 4.78 is 1.93. The first-order valence-electron chi connectivity index (χ1n) is 10.4. The molecule has 0 bridgehead atoms. The zero-order chi connectivity index (χ0) is 22.9. The number of nitrogens with two attached hydrogens (primary N) is 1. The maximum Gasteiger partial charge on any atom is 0.264 e. The number of carbonyl (C=O) groups excluding carboxylic acids is 1. The molecular formula is C25H19ClN6O. The molecule has 162 valence electrons. The van der Waals surface area contributed by atoms with Gasteiger partial charge < -0.3 is 15.2 Å². The van der Waals surface area contributed by atoms with E-state index >= 15 is 0 Å². The first-order chi connectivity index (χ1) is 16.0. The van der Waals surface area contributed by atoms with Crippen LogP contribution in [0.3, 0.4) is 0 Å². The van der Waals surface area contributed by atoms with E-state index in [1.165, 1.54) is 6.33 Å². The van der Waals surface area contributed by atoms with Gasteiger partial charge in [0.25, 0.3) is 5.91 Å². The molecule has 1 aliphatic heterocycles. The number of hydrogen-bond acceptors (Lipinski definition) is 5. The van der Waals surface area contributed by atoms with Crippen LogP contribution in [-0.4, -0.2) is 38.4 Å². The Hall–Kier alpha value is -4.15. The standard InChI is InChI=1S/C25H19ClN6O/c26-19-7-5-17(6-8-19)21-14-32(24-22(21)23(28)29-15-30-24)20-4-1-3-16(12-20)11-18(13-27)25(33)31-9-2-10-31/h1,3-8,11-12,14-15H,2,9-10H2,(H2,28,29,30)/b18-11+. The van der Waals surface area contributed by atoms with Gasteiger partial charge in [-0.1, -0.05) is 35.9 Å². The van der Waals surface area contributed by atoms with Crippen LogP contribution in [0.15, 0.2) is 66.6 Å². The van der Waals surface area contributed by atoms with Gasteiger partial charge in [0.05, 0.1) is 5.39 Å². The van der Waals surface area contributed by atoms with Crippen molar-refractivity contribution >= 4 is 40.4 Å². The van der Waals surface area contributed by atoms with Crippen molar-refractivity contribution in [2.24, 2.45) is 0 Å². The van der Waals surface area contributed by atoms with Crippen LogP contribution in [-0.2, 0) is 4.79 Å². The van der Waals surface area contributed by atoms with E-state index < -0.39 is 0 Å². The van der Waals surface area contributed by atoms with Crippen molar-refractivity contribution in [3.05, 3.63) is 77.2 Å². The summed E-state index contributed by atoms with van der Waals surface area (Å²) >= 11 is 6.07. The van der Waals surface area contributed by atoms with Crippen molar-refractivity contribution in [3.63, 3.8) is 0 Å². The first-order valence-corrected chi connectivity index (χ1v) is 10.8. The summed E-state index contributed by atoms with van der Waals surface area (Å²) in [6.07, 6.45) is 5.99. The van der Waals surface area contributed by atoms with E-state index in [1.807, 2.05) is 65.4 Å². The van der Waals surface area contributed by atoms with Crippen LogP contribution in [0.25, 0.3) is 33.9 Å². The monoisotopic (exact) mass is 454 g/mol. The zero-order valence-electron chi connectivity index (χ0n) is 17.6. The van der Waals surface area contributed by atoms with E-state index in [0.717, 1.165) is 34.2 Å². The van der Waals surface area contributed by atoms with Gasteiger partial charge in [-0.25, -0.2) is 9.97 Å². The van der Waals surface area contributed by atoms with Crippen molar-refractivity contribution in [3.8, 4) is 22.9 Å². The molecule has 1 aliphatic rings. The molecule has 1 amide bonds. The minimum absolute atomic E-state index is 0.123. The molecule has 0 saturated carbocycles. The number of likely N-dealkylation sites (tertiary alicyclic amines) is 1. The number of hydrogen-bond donors (Lipinski definition) is 1. The molecule has 5 rings (SSSR count). The van der Waals surface area contributed by atoms with Gasteiger partial charge in [0, 0.05) is 35.6 Å². The number of aromatic nitrogens is 3. The summed E-state index contributed by atoms with van der Waals surface area (Å²) in [6, 6.07) is 17.1. The van der Waals surface area contributed by atoms with E-state index in [1.54, 1.807) is 11.0 Å². The molecule has 0 spiro atoms. The van der Waals surface area contributed by atoms with Crippen molar-refractivity contribution in [1.82, 2.24) is 19.4 Å². The Balaban J connectivity index is 1.61. The molecule has 3 heterocycles. The number of halogens is 1. The minimum atomic E-state index is -0.230. The second-order valence-electron chi connectivity index (χ2n) is 7.79. The zero-order valence-corrected chi connectivity index (χ0v) is 18.3. The lowest BCUT2D eigenvalue weighted by molar-refractivity contribution is -0.129. The molecule has 0 atom stereocenters. The lowest BCUT2D eigenvalue weighted by Gasteiger charge is -2.30. The van der Waals surface area contributed by atoms with E-state index in [2.05, 4.69) is 9.97 Å². The van der Waals surface area contributed by atoms with Gasteiger partial charge in [-0.2, -0.15) is 5.26 Å². The summed E-state index contributed by atoms with van der Waals surface area (Å²) in [6.45, 7) is 1.39. The summed E-state index contributed by atoms with van der Waals surface area (Å²) in [5.74, 6) is 0.151. The maximum atomic E-state index is 12.5. The lowest BCUT2D eigenvalue weighted by Crippen LogP contribution is -2.42. The van der Waals surface area contributed by atoms with E-state index in [-0.39, 0.29) is 11.5 Å². The van der Waals surface area contributed by atoms with Crippen molar-refractivity contribution in [2.45, 2.75) is 6.42 Å². The molecule has 0 unspecified atom stereocenters. The summed E-state index contributed by atoms with van der Waals surface area (Å²) in [5.41, 5.74) is 10.4. The smallest absolute Gasteiger partial charge is 0.264 e. The fourth-order valence-corrected chi connectivity index (χ4v) is 4.02. The lowest BCUT2D eigenvalue weighted by atomic mass is 10.1. The van der Waals surface area contributed by atoms with Crippen LogP contribution >= 0.6 is 11.6 Å². The van der Waals surface area contributed by atoms with Gasteiger partial charge in [0.15, 0.2) is 5.65 Å². The quantitative estimate of drug-likeness (QED) is 0.362. The molecule has 33 heavy (non-hydrogen) atoms. The largest absolute Gasteiger partial charge is 0.383 e. The van der Waals surface area contributed by atoms with Gasteiger partial charge in [-0.05, 0) is 47.9 Å². The number of nitriles is 1. The fourth-order valence-electron chi connectivity index (χ4n) is 3.89. The van der Waals surface area contributed by atoms with Gasteiger partial charge in [-0.15, -0.1) is 0 Å². The van der Waals surface area contributed by atoms with Crippen LogP contribution in [0.2, 0.25) is 5.02 Å². The van der Waals surface area contributed by atoms with Gasteiger partial charge in [0.2, 0.25) is 0 Å². The molecule has 0 radical (unpaired) electrons. The third kappa shape index (κ3) is 3.81. The first kappa shape index (κ1) is 20.7. The highest BCUT2D eigenvalue weighted by molar-refractivity contribution is 6.30. The average Bonchev–Trinajstić information content (AvgIpc) is 3.18. The van der Waals surface area contributed by atoms with Gasteiger partial charge in [-0.3, -0.25) is 4.79 Å². The number of nitrogens with zero attached hydrogens (tertiary/aromatic N) is 5. The maximum absolute atomic E-state index is 12.5. The second kappa shape index (κ2) is 8.41. The number of benzene rings is 2. The number of amides is 1. The molecule has 7 nitrogen and oxygen atoms in total. The van der Waals surface area contributed by atoms with Crippen molar-refractivity contribution < 1.29 is 4.79 Å². The predicted octanol–water partition coefficient (Wildman–Crippen LogP) is 4.46. The highest BCUT2D eigenvalue weighted by Crippen LogP contribution is 2.35. The molecule has 0 aliphatic carbocycles. The normalized spacial score (nSPS) is 13.6. The molecular weight excluding hydrogens is 436 g/mol. The summed E-state index contributed by atoms with van der Waals surface area (Å²) in [5, 5.41) is 10.9. The third-order valence-corrected chi connectivity index (χ3v) is 5.97. The van der Waals surface area contributed by atoms with E-state index in [9.17, 15) is 10.1 Å². The number of rotatable bonds is 4. The van der Waals surface area contributed by atoms with E-state index in [4.69, 9.17) is 17.3 Å². The number of carbonyl (C=O) groups is 1. The Bertz CT molecular complexity index is 1440. The van der Waals surface area contributed by atoms with Crippen LogP contribution < -0.4 is 5.73 Å². The Labute approximate surface area is 195 Å². The molecule has 2 aromatic carbocycles. The SMILES string of the molecule is N#C/C(=C\c1cccc(-n2cc(-c3ccc(Cl)cc3)c3c(N)ncnc32)c1)C(=O)N1CCC1. The molecule has 8 heteroatoms. The number of fused-ring (bicyclic) bond motifs is 1. The Morgan fingerprint density at radius 2 is 1.94 bits per heavy atom. The average molecular weight is 455 g/mol. The van der Waals surface area contributed by atoms with Crippen LogP contribution in [0.1, 0.15) is 12.0 Å². The molecule has 4 aromatic rings.